The van der Waals surface area contributed by atoms with Crippen LogP contribution >= 0.6 is 36.2 Å². The number of aliphatic hydroxyl groups is 1. The zero-order valence-corrected chi connectivity index (χ0v) is 79.5. The second-order valence-corrected chi connectivity index (χ2v) is 43.1. The number of unbranched alkanes of at least 4 members (excludes halogenated alkanes) is 21. The smallest absolute Gasteiger partial charge is 0.264 e. The standard InChI is InChI=1S/2C26H46O3S.C17H28O6S.C16H26O4.C10H22S.3CH4/c2*1-6-7-8-9-10-11-12-13-18-30-21-16-17-26(19-28-26)24(23(21)27-5)25(4)22(29-25)15-14-20(2)3;1-11(2)6-7-13-16(3,22-13)15-14(20-4)12(23-24(5,18)19)8-9-17(15)10-21-17;1-10(2)5-6-12-15(3,20-12)14-13(18-4)11(17)7-8-16(14)9-19-16;1-2-3-4-5-6-7-8-9-10-11;;;/h2*14,21-24H,6-13,15-19H2,1-5H3;6,12-15H,7-10H2,1-5H3;5,11-14,17H,6-9H2,1-4H3;11H,2-10H2,1H3;3*1H4/t2*21-,22-,23-,24-,25+,26+;12-,13+,14+,15+,16-,17-;11-,12+,13+,14+,15-,16-;;;;/m1100..../s1. The summed E-state index contributed by atoms with van der Waals surface area (Å²) in [6.45, 7) is 35.9. The molecular weight excluding hydrogens is 1560 g/mol. The summed E-state index contributed by atoms with van der Waals surface area (Å²) in [5.41, 5.74) is 4.18. The maximum atomic E-state index is 11.6. The Morgan fingerprint density at radius 1 is 0.398 bits per heavy atom. The minimum Gasteiger partial charge on any atom is -0.390 e. The first-order valence-electron chi connectivity index (χ1n) is 46.2. The van der Waals surface area contributed by atoms with Gasteiger partial charge in [0, 0.05) is 50.8 Å². The molecule has 1 N–H and O–H groups in total. The molecule has 8 heterocycles. The molecule has 0 unspecified atom stereocenters. The van der Waals surface area contributed by atoms with Crippen LogP contribution in [0.5, 0.6) is 0 Å². The maximum absolute atomic E-state index is 11.6. The molecule has 12 fully saturated rings. The molecule has 0 radical (unpaired) electrons. The number of hydrogen-bond donors (Lipinski definition) is 2. The Labute approximate surface area is 738 Å². The highest BCUT2D eigenvalue weighted by atomic mass is 32.2. The van der Waals surface area contributed by atoms with Gasteiger partial charge in [-0.1, -0.05) is 224 Å². The van der Waals surface area contributed by atoms with Gasteiger partial charge in [-0.25, -0.2) is 0 Å². The molecule has 0 aromatic heterocycles. The zero-order valence-electron chi connectivity index (χ0n) is 76.2. The Balaban J connectivity index is 0.000000269. The van der Waals surface area contributed by atoms with Crippen molar-refractivity contribution in [3.8, 4) is 0 Å². The van der Waals surface area contributed by atoms with Gasteiger partial charge in [0.15, 0.2) is 0 Å². The molecule has 118 heavy (non-hydrogen) atoms. The van der Waals surface area contributed by atoms with Crippen LogP contribution in [0.3, 0.4) is 0 Å². The second-order valence-electron chi connectivity index (χ2n) is 38.4. The highest BCUT2D eigenvalue weighted by Crippen LogP contribution is 2.64. The largest absolute Gasteiger partial charge is 0.390 e. The molecule has 0 amide bonds. The number of allylic oxidation sites excluding steroid dienone is 4. The highest BCUT2D eigenvalue weighted by molar-refractivity contribution is 8.00. The number of aliphatic hydroxyl groups excluding tert-OH is 1. The predicted octanol–water partition coefficient (Wildman–Crippen LogP) is 23.9. The lowest BCUT2D eigenvalue weighted by molar-refractivity contribution is -0.116. The Kier molecular flexibility index (Phi) is 46.1. The Morgan fingerprint density at radius 3 is 0.915 bits per heavy atom. The van der Waals surface area contributed by atoms with Crippen LogP contribution in [0, 0.1) is 23.7 Å². The molecule has 4 spiro atoms. The van der Waals surface area contributed by atoms with Crippen LogP contribution in [0.25, 0.3) is 0 Å². The van der Waals surface area contributed by atoms with Gasteiger partial charge in [-0.05, 0) is 197 Å². The highest BCUT2D eigenvalue weighted by Gasteiger charge is 2.76. The SMILES string of the molecule is C.C.C.CCCCCCCCCCS.CCCCCCCCCCS[C@@H]1CC[C@]2(CO2)[C@@H]([C@@]2(C)O[C@@H]2CC=C(C)C)[C@@H]1OC.CCCCCCCCCCS[C@@H]1CC[C@]2(CO2)[C@@H]([C@@]2(C)O[C@@H]2CC=C(C)C)[C@@H]1OC.CO[C@@H]1[C@@H](O)CC[C@]2(CO2)[C@H]1[C@@]1(C)O[C@@H]1CC=C(C)C.CO[C@@H]1[C@@H](OS(C)(=O)=O)CC[C@]2(CO2)[C@H]1[C@@]1(C)O[C@@H]1CC=C(C)C. The molecular formula is C98H180O16S4. The summed E-state index contributed by atoms with van der Waals surface area (Å²) in [5.74, 6) is 4.39. The third kappa shape index (κ3) is 30.5. The zero-order chi connectivity index (χ0) is 83.9. The van der Waals surface area contributed by atoms with Crippen molar-refractivity contribution in [3.05, 3.63) is 46.6 Å². The summed E-state index contributed by atoms with van der Waals surface area (Å²) >= 11 is 8.48. The molecule has 12 aliphatic rings. The van der Waals surface area contributed by atoms with Gasteiger partial charge in [-0.15, -0.1) is 0 Å². The van der Waals surface area contributed by atoms with Crippen molar-refractivity contribution >= 4 is 46.3 Å². The molecule has 0 aromatic rings. The van der Waals surface area contributed by atoms with Crippen molar-refractivity contribution < 1.29 is 74.5 Å². The number of methoxy groups -OCH3 is 4. The predicted molar refractivity (Wildman–Crippen MR) is 498 cm³/mol. The third-order valence-corrected chi connectivity index (χ3v) is 31.8. The van der Waals surface area contributed by atoms with Crippen molar-refractivity contribution in [2.45, 2.75) is 474 Å². The molecule has 0 bridgehead atoms. The van der Waals surface area contributed by atoms with E-state index < -0.39 is 22.3 Å². The van der Waals surface area contributed by atoms with Crippen molar-refractivity contribution in [2.24, 2.45) is 23.7 Å². The van der Waals surface area contributed by atoms with Crippen molar-refractivity contribution in [2.75, 3.05) is 78.4 Å². The monoisotopic (exact) mass is 1740 g/mol. The maximum Gasteiger partial charge on any atom is 0.264 e. The van der Waals surface area contributed by atoms with Crippen LogP contribution in [-0.2, 0) is 71.1 Å². The van der Waals surface area contributed by atoms with E-state index in [-0.39, 0.29) is 116 Å². The van der Waals surface area contributed by atoms with E-state index in [4.69, 9.17) is 61.0 Å². The number of hydrogen-bond acceptors (Lipinski definition) is 19. The summed E-state index contributed by atoms with van der Waals surface area (Å²) < 4.78 is 101. The van der Waals surface area contributed by atoms with E-state index in [2.05, 4.69) is 164 Å². The first-order chi connectivity index (χ1) is 54.9. The molecule has 24 atom stereocenters. The fraction of sp³-hybridized carbons (Fsp3) is 0.918. The van der Waals surface area contributed by atoms with Crippen molar-refractivity contribution in [3.63, 3.8) is 0 Å². The van der Waals surface area contributed by atoms with Crippen molar-refractivity contribution in [1.29, 1.82) is 0 Å². The number of rotatable bonds is 46. The van der Waals surface area contributed by atoms with Crippen LogP contribution in [-0.4, -0.2) is 208 Å². The Morgan fingerprint density at radius 2 is 0.653 bits per heavy atom. The van der Waals surface area contributed by atoms with Crippen LogP contribution < -0.4 is 0 Å². The summed E-state index contributed by atoms with van der Waals surface area (Å²) in [7, 11) is 3.55. The van der Waals surface area contributed by atoms with Gasteiger partial charge in [-0.2, -0.15) is 44.6 Å². The second kappa shape index (κ2) is 50.4. The van der Waals surface area contributed by atoms with Crippen molar-refractivity contribution in [1.82, 2.24) is 0 Å². The van der Waals surface area contributed by atoms with Gasteiger partial charge in [0.25, 0.3) is 10.1 Å². The van der Waals surface area contributed by atoms with Crippen LogP contribution in [0.15, 0.2) is 46.6 Å². The van der Waals surface area contributed by atoms with Gasteiger partial charge in [-0.3, -0.25) is 4.18 Å². The first-order valence-corrected chi connectivity index (χ1v) is 50.8. The minimum atomic E-state index is -3.54. The lowest BCUT2D eigenvalue weighted by atomic mass is 9.68. The summed E-state index contributed by atoms with van der Waals surface area (Å²) in [5, 5.41) is 11.4. The molecule has 4 aliphatic carbocycles. The summed E-state index contributed by atoms with van der Waals surface area (Å²) in [6.07, 6.45) is 55.1. The van der Waals surface area contributed by atoms with Gasteiger partial charge in [0.2, 0.25) is 0 Å². The third-order valence-electron chi connectivity index (χ3n) is 27.9. The van der Waals surface area contributed by atoms with E-state index >= 15 is 0 Å². The van der Waals surface area contributed by atoms with E-state index in [9.17, 15) is 13.5 Å². The fourth-order valence-corrected chi connectivity index (χ4v) is 24.4. The molecule has 0 aromatic carbocycles. The average molecular weight is 1740 g/mol. The molecule has 4 saturated carbocycles. The minimum absolute atomic E-state index is 0. The molecule has 8 aliphatic heterocycles. The quantitative estimate of drug-likeness (QED) is 0.0191. The van der Waals surface area contributed by atoms with Crippen LogP contribution in [0.4, 0.5) is 0 Å². The summed E-state index contributed by atoms with van der Waals surface area (Å²) in [4.78, 5) is 0. The Hall–Kier alpha value is -0.600. The van der Waals surface area contributed by atoms with Gasteiger partial charge < -0.3 is 61.9 Å². The number of thiol groups is 1. The van der Waals surface area contributed by atoms with E-state index in [0.29, 0.717) is 47.6 Å². The van der Waals surface area contributed by atoms with Crippen LogP contribution in [0.1, 0.15) is 357 Å². The van der Waals surface area contributed by atoms with Gasteiger partial charge in [0.1, 0.15) is 28.5 Å². The van der Waals surface area contributed by atoms with E-state index in [1.54, 1.807) is 14.2 Å². The van der Waals surface area contributed by atoms with E-state index in [0.717, 1.165) is 76.8 Å². The van der Waals surface area contributed by atoms with Gasteiger partial charge >= 0.3 is 0 Å². The molecule has 12 rings (SSSR count). The molecule has 16 nitrogen and oxygen atoms in total. The first kappa shape index (κ1) is 108. The molecule has 20 heteroatoms. The lowest BCUT2D eigenvalue weighted by Crippen LogP contribution is -2.55. The molecule has 692 valence electrons. The normalized spacial score (nSPS) is 37.5. The number of thioether (sulfide) groups is 2. The van der Waals surface area contributed by atoms with Gasteiger partial charge in [0.05, 0.1) is 122 Å². The molecule has 8 saturated heterocycles. The fourth-order valence-electron chi connectivity index (χ4n) is 20.7. The van der Waals surface area contributed by atoms with Crippen LogP contribution in [0.2, 0.25) is 0 Å². The van der Waals surface area contributed by atoms with E-state index in [1.165, 1.54) is 214 Å². The Bertz CT molecular complexity index is 2970. The lowest BCUT2D eigenvalue weighted by Gasteiger charge is -2.43. The average Bonchev–Trinajstić information content (AvgIpc) is 1.55. The number of ether oxygens (including phenoxy) is 12. The van der Waals surface area contributed by atoms with E-state index in [1.807, 2.05) is 14.2 Å². The number of epoxide rings is 8. The summed E-state index contributed by atoms with van der Waals surface area (Å²) in [6, 6.07) is 0. The topological polar surface area (TPSA) is 201 Å².